The van der Waals surface area contributed by atoms with Crippen molar-refractivity contribution in [1.29, 1.82) is 0 Å². The Morgan fingerprint density at radius 2 is 2.15 bits per heavy atom. The van der Waals surface area contributed by atoms with E-state index in [-0.39, 0.29) is 12.3 Å². The Morgan fingerprint density at radius 1 is 1.45 bits per heavy atom. The van der Waals surface area contributed by atoms with Gasteiger partial charge in [-0.25, -0.2) is 0 Å². The van der Waals surface area contributed by atoms with Crippen molar-refractivity contribution in [1.82, 2.24) is 5.32 Å². The number of rotatable bonds is 7. The normalized spacial score (nSPS) is 11.8. The van der Waals surface area contributed by atoms with E-state index in [9.17, 15) is 9.59 Å². The van der Waals surface area contributed by atoms with E-state index in [4.69, 9.17) is 21.4 Å². The first kappa shape index (κ1) is 16.3. The standard InChI is InChI=1S/C14H18ClNO4/c1-9-5-6-11(15)12(8-9)20-10(2)14(19)16-7-3-4-13(17)18/h5-6,8,10H,3-4,7H2,1-2H3,(H,16,19)(H,17,18). The molecule has 20 heavy (non-hydrogen) atoms. The van der Waals surface area contributed by atoms with Crippen LogP contribution >= 0.6 is 11.6 Å². The first-order chi connectivity index (χ1) is 9.40. The molecule has 0 aliphatic heterocycles. The van der Waals surface area contributed by atoms with Gasteiger partial charge in [0.15, 0.2) is 6.10 Å². The molecule has 6 heteroatoms. The minimum Gasteiger partial charge on any atom is -0.481 e. The lowest BCUT2D eigenvalue weighted by Crippen LogP contribution is -2.37. The molecule has 0 spiro atoms. The molecule has 5 nitrogen and oxygen atoms in total. The summed E-state index contributed by atoms with van der Waals surface area (Å²) in [6, 6.07) is 5.33. The van der Waals surface area contributed by atoms with Gasteiger partial charge >= 0.3 is 5.97 Å². The summed E-state index contributed by atoms with van der Waals surface area (Å²) in [5.74, 6) is -0.720. The number of carboxylic acid groups (broad SMARTS) is 1. The van der Waals surface area contributed by atoms with Crippen LogP contribution in [-0.2, 0) is 9.59 Å². The van der Waals surface area contributed by atoms with Crippen LogP contribution < -0.4 is 10.1 Å². The van der Waals surface area contributed by atoms with Crippen LogP contribution in [0.25, 0.3) is 0 Å². The quantitative estimate of drug-likeness (QED) is 0.758. The van der Waals surface area contributed by atoms with Crippen LogP contribution in [0.5, 0.6) is 5.75 Å². The summed E-state index contributed by atoms with van der Waals surface area (Å²) in [5, 5.41) is 11.6. The van der Waals surface area contributed by atoms with E-state index < -0.39 is 12.1 Å². The molecule has 0 bridgehead atoms. The van der Waals surface area contributed by atoms with Gasteiger partial charge in [-0.2, -0.15) is 0 Å². The van der Waals surface area contributed by atoms with Crippen molar-refractivity contribution in [3.05, 3.63) is 28.8 Å². The first-order valence-corrected chi connectivity index (χ1v) is 6.70. The number of benzene rings is 1. The Kier molecular flexibility index (Phi) is 6.31. The van der Waals surface area contributed by atoms with Gasteiger partial charge in [0.25, 0.3) is 5.91 Å². The van der Waals surface area contributed by atoms with E-state index in [0.29, 0.717) is 23.7 Å². The molecule has 0 fully saturated rings. The largest absolute Gasteiger partial charge is 0.481 e. The monoisotopic (exact) mass is 299 g/mol. The Morgan fingerprint density at radius 3 is 2.80 bits per heavy atom. The lowest BCUT2D eigenvalue weighted by molar-refractivity contribution is -0.137. The van der Waals surface area contributed by atoms with Crippen LogP contribution in [0.1, 0.15) is 25.3 Å². The van der Waals surface area contributed by atoms with E-state index in [1.54, 1.807) is 19.1 Å². The zero-order chi connectivity index (χ0) is 15.1. The van der Waals surface area contributed by atoms with Gasteiger partial charge in [0.1, 0.15) is 5.75 Å². The molecule has 0 aliphatic carbocycles. The number of aliphatic carboxylic acids is 1. The van der Waals surface area contributed by atoms with Gasteiger partial charge in [-0.1, -0.05) is 17.7 Å². The van der Waals surface area contributed by atoms with Crippen LogP contribution in [0.15, 0.2) is 18.2 Å². The minimum atomic E-state index is -0.880. The average molecular weight is 300 g/mol. The van der Waals surface area contributed by atoms with Crippen molar-refractivity contribution in [2.75, 3.05) is 6.54 Å². The molecule has 0 aromatic heterocycles. The number of halogens is 1. The second-order valence-corrected chi connectivity index (χ2v) is 4.89. The number of carbonyl (C=O) groups is 2. The van der Waals surface area contributed by atoms with Crippen molar-refractivity contribution in [2.24, 2.45) is 0 Å². The molecule has 0 saturated heterocycles. The highest BCUT2D eigenvalue weighted by Gasteiger charge is 2.15. The van der Waals surface area contributed by atoms with Gasteiger partial charge in [0.2, 0.25) is 0 Å². The van der Waals surface area contributed by atoms with E-state index in [1.165, 1.54) is 0 Å². The molecule has 1 rings (SSSR count). The number of carboxylic acids is 1. The Bertz CT molecular complexity index is 490. The third kappa shape index (κ3) is 5.48. The highest BCUT2D eigenvalue weighted by Crippen LogP contribution is 2.26. The third-order valence-corrected chi connectivity index (χ3v) is 2.94. The Balaban J connectivity index is 2.45. The summed E-state index contributed by atoms with van der Waals surface area (Å²) in [7, 11) is 0. The molecule has 0 heterocycles. The van der Waals surface area contributed by atoms with Gasteiger partial charge in [0.05, 0.1) is 5.02 Å². The second kappa shape index (κ2) is 7.75. The molecule has 0 saturated carbocycles. The van der Waals surface area contributed by atoms with Gasteiger partial charge in [-0.3, -0.25) is 9.59 Å². The zero-order valence-corrected chi connectivity index (χ0v) is 12.2. The maximum atomic E-state index is 11.8. The number of carbonyl (C=O) groups excluding carboxylic acids is 1. The molecule has 1 unspecified atom stereocenters. The van der Waals surface area contributed by atoms with Crippen molar-refractivity contribution in [3.8, 4) is 5.75 Å². The number of aryl methyl sites for hydroxylation is 1. The van der Waals surface area contributed by atoms with Crippen LogP contribution in [0, 0.1) is 6.92 Å². The molecular formula is C14H18ClNO4. The number of hydrogen-bond donors (Lipinski definition) is 2. The van der Waals surface area contributed by atoms with E-state index in [2.05, 4.69) is 5.32 Å². The molecule has 1 aromatic carbocycles. The lowest BCUT2D eigenvalue weighted by Gasteiger charge is -2.16. The summed E-state index contributed by atoms with van der Waals surface area (Å²) in [5.41, 5.74) is 0.985. The maximum absolute atomic E-state index is 11.8. The molecule has 0 radical (unpaired) electrons. The predicted octanol–water partition coefficient (Wildman–Crippen LogP) is 2.40. The summed E-state index contributed by atoms with van der Waals surface area (Å²) >= 11 is 5.98. The van der Waals surface area contributed by atoms with Crippen LogP contribution in [-0.4, -0.2) is 29.6 Å². The van der Waals surface area contributed by atoms with Gasteiger partial charge in [-0.05, 0) is 38.0 Å². The first-order valence-electron chi connectivity index (χ1n) is 6.32. The van der Waals surface area contributed by atoms with Crippen LogP contribution in [0.3, 0.4) is 0 Å². The smallest absolute Gasteiger partial charge is 0.303 e. The highest BCUT2D eigenvalue weighted by atomic mass is 35.5. The average Bonchev–Trinajstić information content (AvgIpc) is 2.38. The van der Waals surface area contributed by atoms with Gasteiger partial charge < -0.3 is 15.2 Å². The molecule has 1 aromatic rings. The summed E-state index contributed by atoms with van der Waals surface area (Å²) in [4.78, 5) is 22.1. The molecular weight excluding hydrogens is 282 g/mol. The summed E-state index contributed by atoms with van der Waals surface area (Å²) in [6.45, 7) is 3.82. The predicted molar refractivity (Wildman–Crippen MR) is 76.2 cm³/mol. The lowest BCUT2D eigenvalue weighted by atomic mass is 10.2. The number of nitrogens with one attached hydrogen (secondary N) is 1. The zero-order valence-electron chi connectivity index (χ0n) is 11.5. The van der Waals surface area contributed by atoms with Gasteiger partial charge in [-0.15, -0.1) is 0 Å². The number of hydrogen-bond acceptors (Lipinski definition) is 3. The van der Waals surface area contributed by atoms with Crippen molar-refractivity contribution < 1.29 is 19.4 Å². The number of ether oxygens (including phenoxy) is 1. The van der Waals surface area contributed by atoms with E-state index in [0.717, 1.165) is 5.56 Å². The van der Waals surface area contributed by atoms with Crippen molar-refractivity contribution >= 4 is 23.5 Å². The fourth-order valence-electron chi connectivity index (χ4n) is 1.54. The molecule has 0 aliphatic rings. The van der Waals surface area contributed by atoms with Crippen LogP contribution in [0.2, 0.25) is 5.02 Å². The fourth-order valence-corrected chi connectivity index (χ4v) is 1.70. The minimum absolute atomic E-state index is 0.0270. The number of amides is 1. The van der Waals surface area contributed by atoms with Crippen molar-refractivity contribution in [3.63, 3.8) is 0 Å². The van der Waals surface area contributed by atoms with E-state index >= 15 is 0 Å². The summed E-state index contributed by atoms with van der Waals surface area (Å²) < 4.78 is 5.51. The maximum Gasteiger partial charge on any atom is 0.303 e. The Hall–Kier alpha value is -1.75. The molecule has 1 atom stereocenters. The molecule has 110 valence electrons. The van der Waals surface area contributed by atoms with Gasteiger partial charge in [0, 0.05) is 13.0 Å². The summed E-state index contributed by atoms with van der Waals surface area (Å²) in [6.07, 6.45) is -0.280. The van der Waals surface area contributed by atoms with E-state index in [1.807, 2.05) is 13.0 Å². The highest BCUT2D eigenvalue weighted by molar-refractivity contribution is 6.32. The molecule has 2 N–H and O–H groups in total. The Labute approximate surface area is 122 Å². The second-order valence-electron chi connectivity index (χ2n) is 4.48. The SMILES string of the molecule is Cc1ccc(Cl)c(OC(C)C(=O)NCCCC(=O)O)c1. The topological polar surface area (TPSA) is 75.6 Å². The van der Waals surface area contributed by atoms with Crippen LogP contribution in [0.4, 0.5) is 0 Å². The van der Waals surface area contributed by atoms with Crippen molar-refractivity contribution in [2.45, 2.75) is 32.8 Å². The third-order valence-electron chi connectivity index (χ3n) is 2.63. The fraction of sp³-hybridized carbons (Fsp3) is 0.429. The molecule has 1 amide bonds.